The van der Waals surface area contributed by atoms with Crippen molar-refractivity contribution in [3.8, 4) is 12.3 Å². The number of rotatable bonds is 43. The summed E-state index contributed by atoms with van der Waals surface area (Å²) in [6.07, 6.45) is 8.63. The molecule has 14 nitrogen and oxygen atoms in total. The van der Waals surface area contributed by atoms with E-state index in [0.717, 1.165) is 32.5 Å². The monoisotopic (exact) mass is 696 g/mol. The molecule has 0 rings (SSSR count). The lowest BCUT2D eigenvalue weighted by atomic mass is 10.2. The van der Waals surface area contributed by atoms with E-state index in [1.54, 1.807) is 6.92 Å². The number of carbonyl (C=O) groups is 1. The van der Waals surface area contributed by atoms with E-state index < -0.39 is 0 Å². The fourth-order valence-electron chi connectivity index (χ4n) is 3.45. The molecule has 48 heavy (non-hydrogen) atoms. The first-order valence-electron chi connectivity index (χ1n) is 17.2. The molecular weight excluding hydrogens is 632 g/mol. The average molecular weight is 697 g/mol. The van der Waals surface area contributed by atoms with Gasteiger partial charge in [0.2, 0.25) is 0 Å². The molecule has 0 fully saturated rings. The molecule has 0 aromatic rings. The molecule has 0 aromatic heterocycles. The van der Waals surface area contributed by atoms with Crippen LogP contribution in [0.5, 0.6) is 0 Å². The van der Waals surface area contributed by atoms with Crippen LogP contribution in [0.15, 0.2) is 0 Å². The van der Waals surface area contributed by atoms with Crippen molar-refractivity contribution in [2.24, 2.45) is 0 Å². The van der Waals surface area contributed by atoms with Crippen LogP contribution in [-0.4, -0.2) is 178 Å². The van der Waals surface area contributed by atoms with Gasteiger partial charge in [-0.3, -0.25) is 4.79 Å². The molecule has 0 aliphatic carbocycles. The van der Waals surface area contributed by atoms with Gasteiger partial charge in [0.25, 0.3) is 0 Å². The molecule has 14 heteroatoms. The Morgan fingerprint density at radius 2 is 0.583 bits per heavy atom. The van der Waals surface area contributed by atoms with Crippen molar-refractivity contribution in [2.75, 3.05) is 172 Å². The summed E-state index contributed by atoms with van der Waals surface area (Å²) in [5.74, 6) is 2.55. The van der Waals surface area contributed by atoms with E-state index in [0.29, 0.717) is 165 Å². The second-order valence-electron chi connectivity index (χ2n) is 10.1. The highest BCUT2D eigenvalue weighted by Crippen LogP contribution is 1.97. The second-order valence-corrected chi connectivity index (χ2v) is 10.1. The molecule has 0 atom stereocenters. The Kier molecular flexibility index (Phi) is 42.6. The van der Waals surface area contributed by atoms with Crippen molar-refractivity contribution < 1.29 is 66.4 Å². The Balaban J connectivity index is 3.05. The first kappa shape index (κ1) is 46.7. The lowest BCUT2D eigenvalue weighted by Gasteiger charge is -2.09. The van der Waals surface area contributed by atoms with Crippen LogP contribution in [0.3, 0.4) is 0 Å². The van der Waals surface area contributed by atoms with Gasteiger partial charge in [-0.2, -0.15) is 0 Å². The first-order valence-corrected chi connectivity index (χ1v) is 17.2. The third kappa shape index (κ3) is 44.7. The van der Waals surface area contributed by atoms with Crippen LogP contribution in [0.2, 0.25) is 0 Å². The minimum Gasteiger partial charge on any atom is -0.379 e. The number of ether oxygens (including phenoxy) is 13. The van der Waals surface area contributed by atoms with Crippen LogP contribution in [-0.2, 0) is 66.4 Å². The first-order chi connectivity index (χ1) is 23.8. The minimum atomic E-state index is 0.125. The highest BCUT2D eigenvalue weighted by Gasteiger charge is 1.98. The Morgan fingerprint density at radius 3 is 0.833 bits per heavy atom. The minimum absolute atomic E-state index is 0.125. The van der Waals surface area contributed by atoms with Gasteiger partial charge >= 0.3 is 0 Å². The van der Waals surface area contributed by atoms with E-state index in [2.05, 4.69) is 5.92 Å². The summed E-state index contributed by atoms with van der Waals surface area (Å²) in [6.45, 7) is 15.1. The molecule has 0 aliphatic rings. The number of hydrogen-bond acceptors (Lipinski definition) is 14. The van der Waals surface area contributed by atoms with Gasteiger partial charge in [0.15, 0.2) is 0 Å². The van der Waals surface area contributed by atoms with E-state index >= 15 is 0 Å². The van der Waals surface area contributed by atoms with E-state index in [-0.39, 0.29) is 5.78 Å². The zero-order chi connectivity index (χ0) is 34.7. The molecule has 0 saturated heterocycles. The molecule has 0 N–H and O–H groups in total. The van der Waals surface area contributed by atoms with Gasteiger partial charge in [0, 0.05) is 19.6 Å². The smallest absolute Gasteiger partial charge is 0.132 e. The molecule has 0 bridgehead atoms. The highest BCUT2D eigenvalue weighted by molar-refractivity contribution is 5.75. The van der Waals surface area contributed by atoms with Crippen LogP contribution in [0, 0.1) is 12.3 Å². The second kappa shape index (κ2) is 43.7. The number of carbonyl (C=O) groups excluding carboxylic acids is 1. The summed E-state index contributed by atoms with van der Waals surface area (Å²) in [4.78, 5) is 10.8. The van der Waals surface area contributed by atoms with Gasteiger partial charge in [-0.05, 0) is 26.2 Å². The fourth-order valence-corrected chi connectivity index (χ4v) is 3.45. The number of unbranched alkanes of at least 4 members (excludes halogenated alkanes) is 2. The third-order valence-electron chi connectivity index (χ3n) is 5.95. The van der Waals surface area contributed by atoms with Crippen LogP contribution in [0.25, 0.3) is 0 Å². The summed E-state index contributed by atoms with van der Waals surface area (Å²) in [6, 6.07) is 0. The predicted molar refractivity (Wildman–Crippen MR) is 179 cm³/mol. The fraction of sp³-hybridized carbons (Fsp3) is 0.912. The van der Waals surface area contributed by atoms with Gasteiger partial charge in [0.1, 0.15) is 12.4 Å². The highest BCUT2D eigenvalue weighted by atomic mass is 16.6. The summed E-state index contributed by atoms with van der Waals surface area (Å²) in [7, 11) is 0. The maximum Gasteiger partial charge on any atom is 0.132 e. The summed E-state index contributed by atoms with van der Waals surface area (Å²) in [5, 5.41) is 0. The van der Waals surface area contributed by atoms with Gasteiger partial charge < -0.3 is 61.6 Å². The molecule has 0 heterocycles. The Hall–Kier alpha value is -1.29. The van der Waals surface area contributed by atoms with Gasteiger partial charge in [-0.25, -0.2) is 0 Å². The van der Waals surface area contributed by atoms with E-state index in [1.165, 1.54) is 0 Å². The molecule has 0 aromatic carbocycles. The van der Waals surface area contributed by atoms with Crippen LogP contribution < -0.4 is 0 Å². The molecule has 0 spiro atoms. The molecular formula is C34H64O14. The quantitative estimate of drug-likeness (QED) is 0.0679. The zero-order valence-electron chi connectivity index (χ0n) is 29.5. The van der Waals surface area contributed by atoms with Crippen molar-refractivity contribution >= 4 is 5.78 Å². The largest absolute Gasteiger partial charge is 0.379 e. The number of hydrogen-bond donors (Lipinski definition) is 0. The van der Waals surface area contributed by atoms with Gasteiger partial charge in [-0.1, -0.05) is 5.92 Å². The van der Waals surface area contributed by atoms with Crippen molar-refractivity contribution in [3.05, 3.63) is 0 Å². The summed E-state index contributed by atoms with van der Waals surface area (Å²) in [5.41, 5.74) is 0. The number of Topliss-reactive ketones (excluding diaryl/α,β-unsaturated/α-hetero) is 1. The molecule has 0 aliphatic heterocycles. The van der Waals surface area contributed by atoms with E-state index in [9.17, 15) is 4.79 Å². The third-order valence-corrected chi connectivity index (χ3v) is 5.95. The Labute approximate surface area is 288 Å². The van der Waals surface area contributed by atoms with Crippen LogP contribution in [0.4, 0.5) is 0 Å². The zero-order valence-corrected chi connectivity index (χ0v) is 29.5. The predicted octanol–water partition coefficient (Wildman–Crippen LogP) is 1.98. The lowest BCUT2D eigenvalue weighted by molar-refractivity contribution is -0.118. The van der Waals surface area contributed by atoms with Gasteiger partial charge in [-0.15, -0.1) is 6.42 Å². The SMILES string of the molecule is C#CCOCCOCCCCCOCCOCCOCCOCCOCCOCCOCCOCCOCCOCCOCCC(C)=O. The van der Waals surface area contributed by atoms with Gasteiger partial charge in [0.05, 0.1) is 152 Å². The molecule has 0 amide bonds. The molecule has 0 saturated carbocycles. The van der Waals surface area contributed by atoms with Crippen LogP contribution >= 0.6 is 0 Å². The Bertz CT molecular complexity index is 664. The maximum absolute atomic E-state index is 10.8. The van der Waals surface area contributed by atoms with Crippen molar-refractivity contribution in [2.45, 2.75) is 32.6 Å². The molecule has 0 radical (unpaired) electrons. The standard InChI is InChI=1S/C34H64O14/c1-3-8-36-12-13-37-9-5-4-6-10-38-14-16-40-18-20-42-22-24-44-26-28-46-30-32-48-33-31-47-29-27-45-25-23-43-21-19-41-17-15-39-11-7-34(2)35/h1H,4-33H2,2H3. The van der Waals surface area contributed by atoms with Crippen molar-refractivity contribution in [3.63, 3.8) is 0 Å². The average Bonchev–Trinajstić information content (AvgIpc) is 3.08. The van der Waals surface area contributed by atoms with E-state index in [4.69, 9.17) is 68.0 Å². The van der Waals surface area contributed by atoms with Crippen molar-refractivity contribution in [1.82, 2.24) is 0 Å². The Morgan fingerprint density at radius 1 is 0.354 bits per heavy atom. The molecule has 284 valence electrons. The van der Waals surface area contributed by atoms with E-state index in [1.807, 2.05) is 0 Å². The van der Waals surface area contributed by atoms with Crippen LogP contribution in [0.1, 0.15) is 32.6 Å². The normalized spacial score (nSPS) is 11.3. The number of ketones is 1. The molecule has 0 unspecified atom stereocenters. The summed E-state index contributed by atoms with van der Waals surface area (Å²) >= 11 is 0. The van der Waals surface area contributed by atoms with Crippen molar-refractivity contribution in [1.29, 1.82) is 0 Å². The topological polar surface area (TPSA) is 137 Å². The lowest BCUT2D eigenvalue weighted by Crippen LogP contribution is -2.15. The number of terminal acetylenes is 1. The maximum atomic E-state index is 10.8. The summed E-state index contributed by atoms with van der Waals surface area (Å²) < 4.78 is 70.6.